The molecule has 1 N–H and O–H groups in total. The molecule has 0 radical (unpaired) electrons. The van der Waals surface area contributed by atoms with E-state index in [1.165, 1.54) is 35.8 Å². The Morgan fingerprint density at radius 1 is 1.21 bits per heavy atom. The number of sulfonamides is 1. The summed E-state index contributed by atoms with van der Waals surface area (Å²) in [5.74, 6) is -1.06. The lowest BCUT2D eigenvalue weighted by molar-refractivity contribution is -0.138. The van der Waals surface area contributed by atoms with E-state index in [2.05, 4.69) is 5.10 Å². The Morgan fingerprint density at radius 2 is 1.91 bits per heavy atom. The van der Waals surface area contributed by atoms with Crippen LogP contribution in [0.25, 0.3) is 0 Å². The summed E-state index contributed by atoms with van der Waals surface area (Å²) >= 11 is 1.30. The molecule has 1 heterocycles. The Hall–Kier alpha value is -2.05. The van der Waals surface area contributed by atoms with Gasteiger partial charge in [0.05, 0.1) is 22.7 Å². The van der Waals surface area contributed by atoms with Gasteiger partial charge in [0.1, 0.15) is 6.54 Å². The molecular formula is C22H26F3N3O4S2. The molecule has 4 rings (SSSR count). The number of rotatable bonds is 7. The highest BCUT2D eigenvalue weighted by Crippen LogP contribution is 2.41. The average molecular weight is 518 g/mol. The Balaban J connectivity index is 1.69. The Labute approximate surface area is 200 Å². The van der Waals surface area contributed by atoms with Crippen molar-refractivity contribution < 1.29 is 31.5 Å². The predicted molar refractivity (Wildman–Crippen MR) is 120 cm³/mol. The molecule has 2 aromatic rings. The van der Waals surface area contributed by atoms with Crippen LogP contribution in [-0.2, 0) is 34.0 Å². The van der Waals surface area contributed by atoms with Crippen molar-refractivity contribution in [2.75, 3.05) is 7.05 Å². The van der Waals surface area contributed by atoms with Crippen molar-refractivity contribution in [3.8, 4) is 0 Å². The van der Waals surface area contributed by atoms with Crippen LogP contribution in [0.1, 0.15) is 61.4 Å². The monoisotopic (exact) mass is 517 g/mol. The summed E-state index contributed by atoms with van der Waals surface area (Å²) in [5, 5.41) is 13.4. The molecule has 1 aromatic carbocycles. The molecule has 7 nitrogen and oxygen atoms in total. The van der Waals surface area contributed by atoms with E-state index >= 15 is 0 Å². The summed E-state index contributed by atoms with van der Waals surface area (Å²) < 4.78 is 70.4. The van der Waals surface area contributed by atoms with E-state index in [0.29, 0.717) is 41.5 Å². The lowest BCUT2D eigenvalue weighted by Gasteiger charge is -2.31. The van der Waals surface area contributed by atoms with Gasteiger partial charge >= 0.3 is 12.1 Å². The van der Waals surface area contributed by atoms with Gasteiger partial charge in [-0.05, 0) is 50.3 Å². The van der Waals surface area contributed by atoms with Crippen LogP contribution in [0.15, 0.2) is 34.2 Å². The van der Waals surface area contributed by atoms with Crippen LogP contribution in [0.3, 0.4) is 0 Å². The summed E-state index contributed by atoms with van der Waals surface area (Å²) in [5.41, 5.74) is 0.245. The third kappa shape index (κ3) is 5.13. The fourth-order valence-corrected chi connectivity index (χ4v) is 7.58. The zero-order chi connectivity index (χ0) is 24.7. The lowest BCUT2D eigenvalue weighted by atomic mass is 9.93. The summed E-state index contributed by atoms with van der Waals surface area (Å²) in [6, 6.07) is 2.41. The van der Waals surface area contributed by atoms with Gasteiger partial charge in [0.25, 0.3) is 0 Å². The summed E-state index contributed by atoms with van der Waals surface area (Å²) in [6.07, 6.45) is 2.24. The van der Waals surface area contributed by atoms with Gasteiger partial charge in [-0.3, -0.25) is 9.48 Å². The van der Waals surface area contributed by atoms with Gasteiger partial charge < -0.3 is 5.11 Å². The van der Waals surface area contributed by atoms with Gasteiger partial charge in [0.15, 0.2) is 0 Å². The van der Waals surface area contributed by atoms with Crippen LogP contribution in [0.4, 0.5) is 13.2 Å². The van der Waals surface area contributed by atoms with E-state index in [4.69, 9.17) is 5.11 Å². The predicted octanol–water partition coefficient (Wildman–Crippen LogP) is 4.72. The molecule has 12 heteroatoms. The molecule has 1 atom stereocenters. The van der Waals surface area contributed by atoms with E-state index in [0.717, 1.165) is 36.1 Å². The topological polar surface area (TPSA) is 92.5 Å². The molecule has 0 saturated heterocycles. The molecule has 1 fully saturated rings. The molecule has 186 valence electrons. The number of thioether (sulfide) groups is 1. The van der Waals surface area contributed by atoms with Gasteiger partial charge in [0.2, 0.25) is 10.0 Å². The minimum atomic E-state index is -4.68. The standard InChI is InChI=1S/C22H26F3N3O4S2/c1-27(19-7-4-8-20-18(19)12-26-28(20)13-21(29)30)34(31,32)17-10-14(22(23,24)25)9-16(11-17)33-15-5-2-3-6-15/h9-12,15,19H,2-8,13H2,1H3,(H,29,30). The Bertz CT molecular complexity index is 1170. The molecule has 2 aliphatic rings. The fourth-order valence-electron chi connectivity index (χ4n) is 4.72. The van der Waals surface area contributed by atoms with E-state index in [-0.39, 0.29) is 11.8 Å². The number of carboxylic acid groups (broad SMARTS) is 1. The van der Waals surface area contributed by atoms with Crippen LogP contribution in [0.2, 0.25) is 0 Å². The normalized spacial score (nSPS) is 19.5. The van der Waals surface area contributed by atoms with Gasteiger partial charge in [-0.1, -0.05) is 12.8 Å². The second-order valence-electron chi connectivity index (χ2n) is 8.74. The molecule has 1 aromatic heterocycles. The van der Waals surface area contributed by atoms with Crippen molar-refractivity contribution in [1.29, 1.82) is 0 Å². The van der Waals surface area contributed by atoms with Crippen LogP contribution < -0.4 is 0 Å². The van der Waals surface area contributed by atoms with Crippen molar-refractivity contribution in [2.24, 2.45) is 0 Å². The number of carboxylic acids is 1. The van der Waals surface area contributed by atoms with E-state index in [1.54, 1.807) is 0 Å². The number of nitrogens with zero attached hydrogens (tertiary/aromatic N) is 3. The molecular weight excluding hydrogens is 491 g/mol. The maximum Gasteiger partial charge on any atom is 0.416 e. The number of hydrogen-bond acceptors (Lipinski definition) is 5. The minimum absolute atomic E-state index is 0.178. The van der Waals surface area contributed by atoms with Crippen LogP contribution in [0.5, 0.6) is 0 Å². The number of alkyl halides is 3. The molecule has 0 bridgehead atoms. The number of aliphatic carboxylic acids is 1. The maximum absolute atomic E-state index is 13.6. The zero-order valence-corrected chi connectivity index (χ0v) is 20.2. The number of carbonyl (C=O) groups is 1. The van der Waals surface area contributed by atoms with E-state index < -0.39 is 38.7 Å². The number of hydrogen-bond donors (Lipinski definition) is 1. The molecule has 1 saturated carbocycles. The first kappa shape index (κ1) is 25.1. The summed E-state index contributed by atoms with van der Waals surface area (Å²) in [7, 11) is -2.91. The molecule has 2 aliphatic carbocycles. The van der Waals surface area contributed by atoms with Gasteiger partial charge in [-0.2, -0.15) is 22.6 Å². The second-order valence-corrected chi connectivity index (χ2v) is 12.1. The fraction of sp³-hybridized carbons (Fsp3) is 0.545. The highest BCUT2D eigenvalue weighted by Gasteiger charge is 2.37. The minimum Gasteiger partial charge on any atom is -0.480 e. The Kier molecular flexibility index (Phi) is 7.03. The van der Waals surface area contributed by atoms with Gasteiger partial charge in [-0.25, -0.2) is 8.42 Å². The van der Waals surface area contributed by atoms with Crippen molar-refractivity contribution >= 4 is 27.8 Å². The first-order valence-corrected chi connectivity index (χ1v) is 13.4. The highest BCUT2D eigenvalue weighted by atomic mass is 32.2. The van der Waals surface area contributed by atoms with Gasteiger partial charge in [0, 0.05) is 28.5 Å². The SMILES string of the molecule is CN(C1CCCc2c1cnn2CC(=O)O)S(=O)(=O)c1cc(SC2CCCC2)cc(C(F)(F)F)c1. The van der Waals surface area contributed by atoms with E-state index in [1.807, 2.05) is 0 Å². The van der Waals surface area contributed by atoms with Crippen molar-refractivity contribution in [3.05, 3.63) is 41.2 Å². The first-order valence-electron chi connectivity index (χ1n) is 11.1. The van der Waals surface area contributed by atoms with E-state index in [9.17, 15) is 26.4 Å². The van der Waals surface area contributed by atoms with Crippen LogP contribution >= 0.6 is 11.8 Å². The summed E-state index contributed by atoms with van der Waals surface area (Å²) in [6.45, 7) is -0.339. The number of benzene rings is 1. The number of fused-ring (bicyclic) bond motifs is 1. The summed E-state index contributed by atoms with van der Waals surface area (Å²) in [4.78, 5) is 11.0. The third-order valence-corrected chi connectivity index (χ3v) is 9.60. The molecule has 34 heavy (non-hydrogen) atoms. The van der Waals surface area contributed by atoms with Crippen LogP contribution in [0, 0.1) is 0 Å². The maximum atomic E-state index is 13.6. The number of halogens is 3. The molecule has 0 spiro atoms. The third-order valence-electron chi connectivity index (χ3n) is 6.44. The number of aromatic nitrogens is 2. The zero-order valence-electron chi connectivity index (χ0n) is 18.6. The van der Waals surface area contributed by atoms with Crippen molar-refractivity contribution in [3.63, 3.8) is 0 Å². The molecule has 1 unspecified atom stereocenters. The Morgan fingerprint density at radius 3 is 2.56 bits per heavy atom. The highest BCUT2D eigenvalue weighted by molar-refractivity contribution is 8.00. The first-order chi connectivity index (χ1) is 16.0. The van der Waals surface area contributed by atoms with Crippen molar-refractivity contribution in [1.82, 2.24) is 14.1 Å². The van der Waals surface area contributed by atoms with Crippen molar-refractivity contribution in [2.45, 2.75) is 78.7 Å². The largest absolute Gasteiger partial charge is 0.480 e. The van der Waals surface area contributed by atoms with Gasteiger partial charge in [-0.15, -0.1) is 11.8 Å². The molecule has 0 aliphatic heterocycles. The van der Waals surface area contributed by atoms with Crippen LogP contribution in [-0.4, -0.2) is 45.9 Å². The second kappa shape index (κ2) is 9.54. The lowest BCUT2D eigenvalue weighted by Crippen LogP contribution is -2.33. The smallest absolute Gasteiger partial charge is 0.416 e. The quantitative estimate of drug-likeness (QED) is 0.572. The molecule has 0 amide bonds. The average Bonchev–Trinajstić information content (AvgIpc) is 3.42.